The van der Waals surface area contributed by atoms with E-state index in [2.05, 4.69) is 19.8 Å². The quantitative estimate of drug-likeness (QED) is 0.821. The largest absolute Gasteiger partial charge is 0.339 e. The monoisotopic (exact) mass is 274 g/mol. The Hall–Kier alpha value is -1.65. The minimum atomic E-state index is 0.0806. The minimum absolute atomic E-state index is 0.0806. The fourth-order valence-electron chi connectivity index (χ4n) is 3.38. The summed E-state index contributed by atoms with van der Waals surface area (Å²) in [5, 5.41) is 0. The van der Waals surface area contributed by atoms with Crippen LogP contribution in [0.5, 0.6) is 0 Å². The molecule has 0 N–H and O–H groups in total. The van der Waals surface area contributed by atoms with Crippen LogP contribution in [0.2, 0.25) is 0 Å². The summed E-state index contributed by atoms with van der Waals surface area (Å²) in [6, 6.07) is 2.17. The third-order valence-corrected chi connectivity index (χ3v) is 4.47. The number of hydrogen-bond donors (Lipinski definition) is 0. The van der Waals surface area contributed by atoms with Gasteiger partial charge in [-0.15, -0.1) is 0 Å². The zero-order valence-corrected chi connectivity index (χ0v) is 12.2. The maximum atomic E-state index is 12.3. The first-order valence-corrected chi connectivity index (χ1v) is 7.49. The summed E-state index contributed by atoms with van der Waals surface area (Å²) in [6.07, 6.45) is 5.83. The molecule has 0 bridgehead atoms. The van der Waals surface area contributed by atoms with Crippen LogP contribution < -0.4 is 4.90 Å². The second-order valence-corrected chi connectivity index (χ2v) is 6.09. The average molecular weight is 274 g/mol. The maximum absolute atomic E-state index is 12.3. The number of rotatable bonds is 2. The Kier molecular flexibility index (Phi) is 3.59. The second-order valence-electron chi connectivity index (χ2n) is 6.09. The molecular weight excluding hydrogens is 252 g/mol. The Morgan fingerprint density at radius 3 is 2.65 bits per heavy atom. The Morgan fingerprint density at radius 1 is 1.25 bits per heavy atom. The average Bonchev–Trinajstić information content (AvgIpc) is 2.90. The summed E-state index contributed by atoms with van der Waals surface area (Å²) in [7, 11) is 0. The molecule has 5 nitrogen and oxygen atoms in total. The lowest BCUT2D eigenvalue weighted by Crippen LogP contribution is -2.51. The Labute approximate surface area is 120 Å². The fourth-order valence-corrected chi connectivity index (χ4v) is 3.38. The summed E-state index contributed by atoms with van der Waals surface area (Å²) in [6.45, 7) is 6.74. The highest BCUT2D eigenvalue weighted by molar-refractivity contribution is 5.79. The molecule has 1 aromatic rings. The van der Waals surface area contributed by atoms with Crippen LogP contribution in [0.15, 0.2) is 18.5 Å². The molecular formula is C15H22N4O. The molecule has 1 amide bonds. The number of anilines is 1. The van der Waals surface area contributed by atoms with Crippen LogP contribution in [0.1, 0.15) is 26.7 Å². The van der Waals surface area contributed by atoms with Gasteiger partial charge in [-0.05, 0) is 24.8 Å². The van der Waals surface area contributed by atoms with Crippen LogP contribution in [-0.4, -0.2) is 46.5 Å². The van der Waals surface area contributed by atoms with Crippen LogP contribution in [0.25, 0.3) is 0 Å². The van der Waals surface area contributed by atoms with E-state index in [0.717, 1.165) is 38.4 Å². The lowest BCUT2D eigenvalue weighted by atomic mass is 9.92. The van der Waals surface area contributed by atoms with Crippen molar-refractivity contribution >= 4 is 11.9 Å². The molecule has 2 atom stereocenters. The van der Waals surface area contributed by atoms with Gasteiger partial charge in [0.1, 0.15) is 0 Å². The molecule has 0 spiro atoms. The van der Waals surface area contributed by atoms with Gasteiger partial charge in [0.15, 0.2) is 0 Å². The summed E-state index contributed by atoms with van der Waals surface area (Å²) in [5.41, 5.74) is 0. The highest BCUT2D eigenvalue weighted by Gasteiger charge is 2.41. The molecule has 2 saturated heterocycles. The molecule has 5 heteroatoms. The molecule has 0 aliphatic carbocycles. The van der Waals surface area contributed by atoms with E-state index in [4.69, 9.17) is 0 Å². The van der Waals surface area contributed by atoms with Gasteiger partial charge >= 0.3 is 0 Å². The molecule has 1 aromatic heterocycles. The normalized spacial score (nSPS) is 25.9. The molecule has 0 saturated carbocycles. The fraction of sp³-hybridized carbons (Fsp3) is 0.667. The minimum Gasteiger partial charge on any atom is -0.339 e. The van der Waals surface area contributed by atoms with Crippen LogP contribution in [0, 0.1) is 11.8 Å². The smallest absolute Gasteiger partial charge is 0.225 e. The van der Waals surface area contributed by atoms with Crippen molar-refractivity contribution in [3.05, 3.63) is 18.5 Å². The van der Waals surface area contributed by atoms with Crippen molar-refractivity contribution < 1.29 is 4.79 Å². The van der Waals surface area contributed by atoms with Gasteiger partial charge in [0.25, 0.3) is 0 Å². The molecule has 3 rings (SSSR count). The number of hydrogen-bond acceptors (Lipinski definition) is 4. The van der Waals surface area contributed by atoms with E-state index in [9.17, 15) is 4.79 Å². The SMILES string of the molecule is CC(C)C(=O)N1CCC2CCN(c3ncccn3)CC21. The van der Waals surface area contributed by atoms with E-state index < -0.39 is 0 Å². The van der Waals surface area contributed by atoms with Gasteiger partial charge < -0.3 is 9.80 Å². The third-order valence-electron chi connectivity index (χ3n) is 4.47. The number of aromatic nitrogens is 2. The Bertz CT molecular complexity index is 476. The molecule has 2 fully saturated rings. The van der Waals surface area contributed by atoms with Crippen molar-refractivity contribution in [3.8, 4) is 0 Å². The molecule has 20 heavy (non-hydrogen) atoms. The summed E-state index contributed by atoms with van der Waals surface area (Å²) >= 11 is 0. The first kappa shape index (κ1) is 13.3. The Balaban J connectivity index is 1.75. The van der Waals surface area contributed by atoms with E-state index in [-0.39, 0.29) is 11.8 Å². The zero-order chi connectivity index (χ0) is 14.1. The topological polar surface area (TPSA) is 49.3 Å². The zero-order valence-electron chi connectivity index (χ0n) is 12.2. The first-order chi connectivity index (χ1) is 9.66. The molecule has 2 aliphatic rings. The molecule has 0 aromatic carbocycles. The number of amides is 1. The molecule has 2 aliphatic heterocycles. The van der Waals surface area contributed by atoms with Gasteiger partial charge in [-0.1, -0.05) is 13.8 Å². The number of carbonyl (C=O) groups excluding carboxylic acids is 1. The van der Waals surface area contributed by atoms with Gasteiger partial charge in [0, 0.05) is 37.9 Å². The number of piperidine rings is 1. The molecule has 3 heterocycles. The standard InChI is InChI=1S/C15H22N4O/c1-11(2)14(20)19-9-5-12-4-8-18(10-13(12)19)15-16-6-3-7-17-15/h3,6-7,11-13H,4-5,8-10H2,1-2H3. The lowest BCUT2D eigenvalue weighted by molar-refractivity contribution is -0.135. The van der Waals surface area contributed by atoms with Crippen LogP contribution >= 0.6 is 0 Å². The maximum Gasteiger partial charge on any atom is 0.225 e. The highest BCUT2D eigenvalue weighted by atomic mass is 16.2. The summed E-state index contributed by atoms with van der Waals surface area (Å²) in [4.78, 5) is 25.3. The van der Waals surface area contributed by atoms with E-state index in [1.165, 1.54) is 0 Å². The van der Waals surface area contributed by atoms with Crippen molar-refractivity contribution in [2.24, 2.45) is 11.8 Å². The number of likely N-dealkylation sites (tertiary alicyclic amines) is 1. The van der Waals surface area contributed by atoms with E-state index >= 15 is 0 Å². The predicted octanol–water partition coefficient (Wildman–Crippen LogP) is 1.56. The van der Waals surface area contributed by atoms with Gasteiger partial charge in [-0.25, -0.2) is 9.97 Å². The van der Waals surface area contributed by atoms with Crippen molar-refractivity contribution in [2.45, 2.75) is 32.7 Å². The highest BCUT2D eigenvalue weighted by Crippen LogP contribution is 2.33. The summed E-state index contributed by atoms with van der Waals surface area (Å²) in [5.74, 6) is 1.80. The van der Waals surface area contributed by atoms with Crippen molar-refractivity contribution in [3.63, 3.8) is 0 Å². The van der Waals surface area contributed by atoms with Gasteiger partial charge in [-0.3, -0.25) is 4.79 Å². The molecule has 108 valence electrons. The van der Waals surface area contributed by atoms with Crippen LogP contribution in [0.3, 0.4) is 0 Å². The van der Waals surface area contributed by atoms with Crippen molar-refractivity contribution in [2.75, 3.05) is 24.5 Å². The van der Waals surface area contributed by atoms with Gasteiger partial charge in [-0.2, -0.15) is 0 Å². The van der Waals surface area contributed by atoms with E-state index in [0.29, 0.717) is 12.0 Å². The van der Waals surface area contributed by atoms with Gasteiger partial charge in [0.2, 0.25) is 11.9 Å². The molecule has 0 radical (unpaired) electrons. The van der Waals surface area contributed by atoms with Crippen molar-refractivity contribution in [1.29, 1.82) is 0 Å². The van der Waals surface area contributed by atoms with Crippen molar-refractivity contribution in [1.82, 2.24) is 14.9 Å². The number of nitrogens with zero attached hydrogens (tertiary/aromatic N) is 4. The lowest BCUT2D eigenvalue weighted by Gasteiger charge is -2.38. The molecule has 2 unspecified atom stereocenters. The van der Waals surface area contributed by atoms with E-state index in [1.807, 2.05) is 19.9 Å². The summed E-state index contributed by atoms with van der Waals surface area (Å²) < 4.78 is 0. The Morgan fingerprint density at radius 2 is 1.95 bits per heavy atom. The number of fused-ring (bicyclic) bond motifs is 1. The van der Waals surface area contributed by atoms with E-state index in [1.54, 1.807) is 12.4 Å². The third kappa shape index (κ3) is 2.37. The number of carbonyl (C=O) groups is 1. The van der Waals surface area contributed by atoms with Crippen LogP contribution in [-0.2, 0) is 4.79 Å². The van der Waals surface area contributed by atoms with Crippen LogP contribution in [0.4, 0.5) is 5.95 Å². The first-order valence-electron chi connectivity index (χ1n) is 7.49. The second kappa shape index (κ2) is 5.38. The van der Waals surface area contributed by atoms with Gasteiger partial charge in [0.05, 0.1) is 6.04 Å². The predicted molar refractivity (Wildman–Crippen MR) is 77.3 cm³/mol.